The molecule has 0 unspecified atom stereocenters. The molecule has 0 aromatic heterocycles. The second-order valence-electron chi connectivity index (χ2n) is 3.37. The van der Waals surface area contributed by atoms with Crippen molar-refractivity contribution in [1.29, 1.82) is 0 Å². The molecule has 0 fully saturated rings. The molecular weight excluding hydrogens is 268 g/mol. The van der Waals surface area contributed by atoms with E-state index in [1.165, 1.54) is 6.92 Å². The molecular formula is C12H16N2O4S. The van der Waals surface area contributed by atoms with E-state index in [1.807, 2.05) is 47.8 Å². The fraction of sp³-hybridized carbons (Fsp3) is 0.167. The number of rotatable bonds is 3. The molecule has 0 saturated heterocycles. The molecule has 104 valence electrons. The van der Waals surface area contributed by atoms with Crippen molar-refractivity contribution in [2.45, 2.75) is 6.92 Å². The number of hydrazine groups is 1. The van der Waals surface area contributed by atoms with Crippen molar-refractivity contribution in [1.82, 2.24) is 5.43 Å². The fourth-order valence-corrected chi connectivity index (χ4v) is 1.55. The highest BCUT2D eigenvalue weighted by molar-refractivity contribution is 7.80. The van der Waals surface area contributed by atoms with Crippen LogP contribution in [0.15, 0.2) is 54.9 Å². The van der Waals surface area contributed by atoms with Gasteiger partial charge in [0.2, 0.25) is 0 Å². The van der Waals surface area contributed by atoms with Crippen LogP contribution in [0.25, 0.3) is 0 Å². The average Bonchev–Trinajstić information content (AvgIpc) is 2.40. The van der Waals surface area contributed by atoms with Crippen LogP contribution in [0.5, 0.6) is 0 Å². The largest absolute Gasteiger partial charge is 0.397 e. The lowest BCUT2D eigenvalue weighted by molar-refractivity contribution is 0.283. The van der Waals surface area contributed by atoms with Crippen molar-refractivity contribution in [2.75, 3.05) is 11.6 Å². The molecule has 0 spiro atoms. The van der Waals surface area contributed by atoms with Gasteiger partial charge in [0, 0.05) is 12.4 Å². The molecule has 0 aliphatic carbocycles. The number of allylic oxidation sites excluding steroid dienone is 2. The first-order chi connectivity index (χ1) is 9.03. The van der Waals surface area contributed by atoms with Crippen molar-refractivity contribution in [3.63, 3.8) is 0 Å². The van der Waals surface area contributed by atoms with E-state index in [1.54, 1.807) is 0 Å². The van der Waals surface area contributed by atoms with Crippen LogP contribution in [0.4, 0.5) is 5.69 Å². The third-order valence-corrected chi connectivity index (χ3v) is 2.49. The highest BCUT2D eigenvalue weighted by Crippen LogP contribution is 2.12. The third-order valence-electron chi connectivity index (χ3n) is 1.96. The summed E-state index contributed by atoms with van der Waals surface area (Å²) in [6, 6.07) is 10.1. The van der Waals surface area contributed by atoms with Gasteiger partial charge in [0.15, 0.2) is 0 Å². The smallest absolute Gasteiger partial charge is 0.302 e. The van der Waals surface area contributed by atoms with Gasteiger partial charge in [-0.15, -0.1) is 0 Å². The molecule has 2 rings (SSSR count). The standard InChI is InChI=1S/C10H10N2.C2H6O4S/c1-2-6-10(7-3-1)12-9-5-4-8-11-12;1-2-6-7(3,4)5/h1-9,11H;2H2,1H3,(H,3,4,5). The summed E-state index contributed by atoms with van der Waals surface area (Å²) in [5.74, 6) is 0. The second kappa shape index (κ2) is 7.57. The molecule has 1 aliphatic rings. The van der Waals surface area contributed by atoms with Crippen molar-refractivity contribution in [3.8, 4) is 0 Å². The van der Waals surface area contributed by atoms with Crippen LogP contribution >= 0.6 is 0 Å². The number of nitrogens with zero attached hydrogens (tertiary/aromatic N) is 1. The van der Waals surface area contributed by atoms with Gasteiger partial charge in [-0.05, 0) is 31.2 Å². The first kappa shape index (κ1) is 15.2. The van der Waals surface area contributed by atoms with E-state index in [4.69, 9.17) is 4.55 Å². The summed E-state index contributed by atoms with van der Waals surface area (Å²) in [5, 5.41) is 1.96. The Morgan fingerprint density at radius 3 is 2.37 bits per heavy atom. The third kappa shape index (κ3) is 6.61. The van der Waals surface area contributed by atoms with Crippen LogP contribution in [0.3, 0.4) is 0 Å². The monoisotopic (exact) mass is 284 g/mol. The Labute approximate surface area is 112 Å². The van der Waals surface area contributed by atoms with Gasteiger partial charge < -0.3 is 5.43 Å². The number of hydrogen-bond donors (Lipinski definition) is 2. The minimum Gasteiger partial charge on any atom is -0.302 e. The van der Waals surface area contributed by atoms with E-state index in [-0.39, 0.29) is 6.61 Å². The molecule has 7 heteroatoms. The molecule has 1 aromatic carbocycles. The lowest BCUT2D eigenvalue weighted by Gasteiger charge is -2.21. The molecule has 0 amide bonds. The summed E-state index contributed by atoms with van der Waals surface area (Å²) in [7, 11) is -4.17. The van der Waals surface area contributed by atoms with E-state index in [9.17, 15) is 8.42 Å². The van der Waals surface area contributed by atoms with E-state index in [0.717, 1.165) is 5.69 Å². The maximum Gasteiger partial charge on any atom is 0.397 e. The quantitative estimate of drug-likeness (QED) is 0.825. The second-order valence-corrected chi connectivity index (χ2v) is 4.46. The molecule has 0 radical (unpaired) electrons. The van der Waals surface area contributed by atoms with E-state index < -0.39 is 10.4 Å². The summed E-state index contributed by atoms with van der Waals surface area (Å²) in [5.41, 5.74) is 4.24. The number of hydrogen-bond acceptors (Lipinski definition) is 5. The maximum atomic E-state index is 9.56. The Morgan fingerprint density at radius 2 is 1.95 bits per heavy atom. The van der Waals surface area contributed by atoms with Crippen LogP contribution in [-0.2, 0) is 14.6 Å². The lowest BCUT2D eigenvalue weighted by Crippen LogP contribution is -2.29. The highest BCUT2D eigenvalue weighted by atomic mass is 32.3. The van der Waals surface area contributed by atoms with Gasteiger partial charge in [-0.1, -0.05) is 18.2 Å². The molecule has 1 heterocycles. The average molecular weight is 284 g/mol. The summed E-state index contributed by atoms with van der Waals surface area (Å²) in [6.45, 7) is 1.44. The van der Waals surface area contributed by atoms with Crippen LogP contribution in [0.2, 0.25) is 0 Å². The summed E-state index contributed by atoms with van der Waals surface area (Å²) >= 11 is 0. The predicted molar refractivity (Wildman–Crippen MR) is 73.5 cm³/mol. The zero-order valence-corrected chi connectivity index (χ0v) is 11.2. The maximum absolute atomic E-state index is 9.56. The molecule has 6 nitrogen and oxygen atoms in total. The summed E-state index contributed by atoms with van der Waals surface area (Å²) in [6.07, 6.45) is 7.82. The first-order valence-electron chi connectivity index (χ1n) is 5.58. The zero-order valence-electron chi connectivity index (χ0n) is 10.4. The number of anilines is 1. The minimum absolute atomic E-state index is 0.0289. The van der Waals surface area contributed by atoms with Gasteiger partial charge in [0.05, 0.1) is 12.3 Å². The van der Waals surface area contributed by atoms with Gasteiger partial charge in [-0.3, -0.25) is 9.56 Å². The summed E-state index contributed by atoms with van der Waals surface area (Å²) in [4.78, 5) is 0. The Bertz CT molecular complexity index is 526. The first-order valence-corrected chi connectivity index (χ1v) is 6.95. The molecule has 1 aromatic rings. The van der Waals surface area contributed by atoms with Crippen LogP contribution in [-0.4, -0.2) is 19.6 Å². The van der Waals surface area contributed by atoms with Gasteiger partial charge in [-0.2, -0.15) is 8.42 Å². The Kier molecular flexibility index (Phi) is 6.07. The summed E-state index contributed by atoms with van der Waals surface area (Å²) < 4.78 is 30.7. The predicted octanol–water partition coefficient (Wildman–Crippen LogP) is 1.86. The molecule has 2 N–H and O–H groups in total. The lowest BCUT2D eigenvalue weighted by atomic mass is 10.3. The number of nitrogens with one attached hydrogen (secondary N) is 1. The molecule has 1 aliphatic heterocycles. The van der Waals surface area contributed by atoms with Crippen LogP contribution in [0.1, 0.15) is 6.92 Å². The molecule has 19 heavy (non-hydrogen) atoms. The van der Waals surface area contributed by atoms with Crippen LogP contribution in [0, 0.1) is 0 Å². The van der Waals surface area contributed by atoms with E-state index in [2.05, 4.69) is 21.7 Å². The molecule has 0 atom stereocenters. The normalized spacial score (nSPS) is 13.5. The highest BCUT2D eigenvalue weighted by Gasteiger charge is 1.99. The van der Waals surface area contributed by atoms with E-state index >= 15 is 0 Å². The molecule has 0 saturated carbocycles. The Morgan fingerprint density at radius 1 is 1.26 bits per heavy atom. The number of benzene rings is 1. The zero-order chi connectivity index (χ0) is 14.1. The van der Waals surface area contributed by atoms with Gasteiger partial charge in [-0.25, -0.2) is 4.18 Å². The number of para-hydroxylation sites is 1. The minimum atomic E-state index is -4.17. The SMILES string of the molecule is C1=CNN(c2ccccc2)C=C1.CCOS(=O)(=O)O. The Hall–Kier alpha value is -1.83. The fourth-order valence-electron chi connectivity index (χ4n) is 1.26. The van der Waals surface area contributed by atoms with Gasteiger partial charge in [0.1, 0.15) is 0 Å². The van der Waals surface area contributed by atoms with Crippen molar-refractivity contribution in [3.05, 3.63) is 54.9 Å². The topological polar surface area (TPSA) is 78.9 Å². The van der Waals surface area contributed by atoms with Crippen molar-refractivity contribution in [2.24, 2.45) is 0 Å². The van der Waals surface area contributed by atoms with Crippen LogP contribution < -0.4 is 10.4 Å². The molecule has 0 bridgehead atoms. The van der Waals surface area contributed by atoms with Gasteiger partial charge in [0.25, 0.3) is 0 Å². The van der Waals surface area contributed by atoms with Gasteiger partial charge >= 0.3 is 10.4 Å². The van der Waals surface area contributed by atoms with E-state index in [0.29, 0.717) is 0 Å². The Balaban J connectivity index is 0.000000224. The van der Waals surface area contributed by atoms with Crippen molar-refractivity contribution >= 4 is 16.1 Å². The van der Waals surface area contributed by atoms with Crippen molar-refractivity contribution < 1.29 is 17.2 Å².